The Morgan fingerprint density at radius 1 is 1.30 bits per heavy atom. The molecular formula is C19H23ClN2O5. The quantitative estimate of drug-likeness (QED) is 0.714. The van der Waals surface area contributed by atoms with Crippen molar-refractivity contribution < 1.29 is 24.2 Å². The first kappa shape index (κ1) is 20.9. The van der Waals surface area contributed by atoms with Crippen LogP contribution in [0, 0.1) is 0 Å². The molecule has 0 saturated heterocycles. The number of aromatic nitrogens is 1. The third-order valence-electron chi connectivity index (χ3n) is 3.61. The van der Waals surface area contributed by atoms with E-state index in [0.717, 1.165) is 0 Å². The molecule has 1 atom stereocenters. The van der Waals surface area contributed by atoms with Gasteiger partial charge in [0.2, 0.25) is 0 Å². The van der Waals surface area contributed by atoms with Crippen molar-refractivity contribution in [3.63, 3.8) is 0 Å². The molecule has 0 saturated carbocycles. The zero-order valence-corrected chi connectivity index (χ0v) is 16.2. The Bertz CT molecular complexity index is 819. The predicted molar refractivity (Wildman–Crippen MR) is 102 cm³/mol. The zero-order chi connectivity index (χ0) is 20.0. The Morgan fingerprint density at radius 2 is 2.04 bits per heavy atom. The fourth-order valence-corrected chi connectivity index (χ4v) is 2.56. The first-order chi connectivity index (χ1) is 12.7. The average Bonchev–Trinajstić information content (AvgIpc) is 2.59. The van der Waals surface area contributed by atoms with Gasteiger partial charge in [-0.15, -0.1) is 0 Å². The minimum atomic E-state index is -1.13. The summed E-state index contributed by atoms with van der Waals surface area (Å²) < 4.78 is 11.0. The first-order valence-electron chi connectivity index (χ1n) is 8.49. The number of benzene rings is 1. The Morgan fingerprint density at radius 3 is 2.70 bits per heavy atom. The number of nitrogens with one attached hydrogen (secondary N) is 1. The van der Waals surface area contributed by atoms with Crippen LogP contribution >= 0.6 is 11.6 Å². The van der Waals surface area contributed by atoms with Gasteiger partial charge in [-0.25, -0.2) is 4.79 Å². The number of ether oxygens (including phenoxy) is 2. The van der Waals surface area contributed by atoms with Gasteiger partial charge in [-0.05, 0) is 45.0 Å². The standard InChI is InChI=1S/C19H23ClN2O5/c1-19(2,3)27-10-8-14(18(24)25)22-16(23)11-26-15-7-6-13(20)12-5-4-9-21-17(12)15/h4-7,9,14H,8,10-11H2,1-3H3,(H,22,23)(H,24,25). The normalized spacial score (nSPS) is 12.6. The van der Waals surface area contributed by atoms with Crippen LogP contribution in [-0.2, 0) is 14.3 Å². The van der Waals surface area contributed by atoms with Crippen molar-refractivity contribution in [2.75, 3.05) is 13.2 Å². The maximum atomic E-state index is 12.1. The molecule has 0 fully saturated rings. The molecule has 27 heavy (non-hydrogen) atoms. The number of fused-ring (bicyclic) bond motifs is 1. The van der Waals surface area contributed by atoms with Crippen molar-refractivity contribution >= 4 is 34.4 Å². The number of carboxylic acid groups (broad SMARTS) is 1. The minimum absolute atomic E-state index is 0.157. The van der Waals surface area contributed by atoms with Gasteiger partial charge >= 0.3 is 5.97 Å². The summed E-state index contributed by atoms with van der Waals surface area (Å²) in [6.07, 6.45) is 1.76. The molecule has 2 aromatic rings. The van der Waals surface area contributed by atoms with E-state index in [1.165, 1.54) is 0 Å². The molecular weight excluding hydrogens is 372 g/mol. The Hall–Kier alpha value is -2.38. The number of hydrogen-bond donors (Lipinski definition) is 2. The Balaban J connectivity index is 1.95. The zero-order valence-electron chi connectivity index (χ0n) is 15.5. The highest BCUT2D eigenvalue weighted by Crippen LogP contribution is 2.29. The SMILES string of the molecule is CC(C)(C)OCCC(NC(=O)COc1ccc(Cl)c2cccnc12)C(=O)O. The van der Waals surface area contributed by atoms with Crippen molar-refractivity contribution in [2.24, 2.45) is 0 Å². The monoisotopic (exact) mass is 394 g/mol. The summed E-state index contributed by atoms with van der Waals surface area (Å²) in [5.41, 5.74) is 0.157. The number of rotatable bonds is 8. The summed E-state index contributed by atoms with van der Waals surface area (Å²) in [5, 5.41) is 13.0. The van der Waals surface area contributed by atoms with Crippen LogP contribution in [0.4, 0.5) is 0 Å². The van der Waals surface area contributed by atoms with Gasteiger partial charge in [0.25, 0.3) is 5.91 Å². The predicted octanol–water partition coefficient (Wildman–Crippen LogP) is 3.04. The number of carboxylic acids is 1. The number of carbonyl (C=O) groups is 2. The molecule has 0 radical (unpaired) electrons. The lowest BCUT2D eigenvalue weighted by Gasteiger charge is -2.21. The van der Waals surface area contributed by atoms with E-state index in [-0.39, 0.29) is 25.2 Å². The third-order valence-corrected chi connectivity index (χ3v) is 3.94. The number of halogens is 1. The van der Waals surface area contributed by atoms with Gasteiger partial charge in [-0.1, -0.05) is 11.6 Å². The second-order valence-corrected chi connectivity index (χ2v) is 7.35. The van der Waals surface area contributed by atoms with E-state index < -0.39 is 17.9 Å². The van der Waals surface area contributed by atoms with E-state index in [0.29, 0.717) is 21.7 Å². The molecule has 0 aliphatic rings. The van der Waals surface area contributed by atoms with Crippen LogP contribution in [0.5, 0.6) is 5.75 Å². The number of pyridine rings is 1. The van der Waals surface area contributed by atoms with Crippen molar-refractivity contribution in [2.45, 2.75) is 38.8 Å². The molecule has 0 aliphatic carbocycles. The van der Waals surface area contributed by atoms with Crippen molar-refractivity contribution in [1.29, 1.82) is 0 Å². The first-order valence-corrected chi connectivity index (χ1v) is 8.87. The molecule has 7 nitrogen and oxygen atoms in total. The van der Waals surface area contributed by atoms with Crippen molar-refractivity contribution in [1.82, 2.24) is 10.3 Å². The highest BCUT2D eigenvalue weighted by Gasteiger charge is 2.21. The van der Waals surface area contributed by atoms with E-state index in [1.54, 1.807) is 30.5 Å². The Kier molecular flexibility index (Phi) is 6.98. The second-order valence-electron chi connectivity index (χ2n) is 6.94. The molecule has 1 aromatic heterocycles. The molecule has 0 spiro atoms. The fourth-order valence-electron chi connectivity index (χ4n) is 2.35. The van der Waals surface area contributed by atoms with Crippen LogP contribution in [0.3, 0.4) is 0 Å². The molecule has 0 aliphatic heterocycles. The summed E-state index contributed by atoms with van der Waals surface area (Å²) in [7, 11) is 0. The molecule has 1 amide bonds. The lowest BCUT2D eigenvalue weighted by Crippen LogP contribution is -2.44. The summed E-state index contributed by atoms with van der Waals surface area (Å²) in [6.45, 7) is 5.50. The molecule has 2 N–H and O–H groups in total. The topological polar surface area (TPSA) is 97.8 Å². The van der Waals surface area contributed by atoms with E-state index in [1.807, 2.05) is 20.8 Å². The van der Waals surface area contributed by atoms with Gasteiger partial charge in [-0.3, -0.25) is 9.78 Å². The van der Waals surface area contributed by atoms with Gasteiger partial charge in [0.15, 0.2) is 6.61 Å². The summed E-state index contributed by atoms with van der Waals surface area (Å²) in [4.78, 5) is 27.7. The molecule has 2 rings (SSSR count). The van der Waals surface area contributed by atoms with E-state index in [9.17, 15) is 14.7 Å². The highest BCUT2D eigenvalue weighted by atomic mass is 35.5. The summed E-state index contributed by atoms with van der Waals surface area (Å²) in [6, 6.07) is 5.78. The average molecular weight is 395 g/mol. The minimum Gasteiger partial charge on any atom is -0.481 e. The molecule has 1 heterocycles. The van der Waals surface area contributed by atoms with Crippen LogP contribution in [0.15, 0.2) is 30.5 Å². The number of amides is 1. The van der Waals surface area contributed by atoms with Crippen LogP contribution in [0.25, 0.3) is 10.9 Å². The van der Waals surface area contributed by atoms with Gasteiger partial charge in [-0.2, -0.15) is 0 Å². The van der Waals surface area contributed by atoms with E-state index in [4.69, 9.17) is 21.1 Å². The number of aliphatic carboxylic acids is 1. The highest BCUT2D eigenvalue weighted by molar-refractivity contribution is 6.35. The van der Waals surface area contributed by atoms with Crippen LogP contribution in [-0.4, -0.2) is 46.8 Å². The Labute approximate surface area is 162 Å². The van der Waals surface area contributed by atoms with Crippen LogP contribution in [0.1, 0.15) is 27.2 Å². The third kappa shape index (κ3) is 6.37. The number of nitrogens with zero attached hydrogens (tertiary/aromatic N) is 1. The van der Waals surface area contributed by atoms with Crippen molar-refractivity contribution in [3.05, 3.63) is 35.5 Å². The molecule has 146 valence electrons. The van der Waals surface area contributed by atoms with Gasteiger partial charge in [0, 0.05) is 24.6 Å². The second kappa shape index (κ2) is 9.01. The van der Waals surface area contributed by atoms with E-state index >= 15 is 0 Å². The summed E-state index contributed by atoms with van der Waals surface area (Å²) in [5.74, 6) is -1.27. The van der Waals surface area contributed by atoms with Crippen LogP contribution in [0.2, 0.25) is 5.02 Å². The molecule has 8 heteroatoms. The lowest BCUT2D eigenvalue weighted by molar-refractivity contribution is -0.143. The van der Waals surface area contributed by atoms with Crippen LogP contribution < -0.4 is 10.1 Å². The molecule has 0 bridgehead atoms. The largest absolute Gasteiger partial charge is 0.481 e. The van der Waals surface area contributed by atoms with E-state index in [2.05, 4.69) is 10.3 Å². The maximum Gasteiger partial charge on any atom is 0.326 e. The van der Waals surface area contributed by atoms with Crippen molar-refractivity contribution in [3.8, 4) is 5.75 Å². The number of carbonyl (C=O) groups excluding carboxylic acids is 1. The van der Waals surface area contributed by atoms with Gasteiger partial charge in [0.1, 0.15) is 17.3 Å². The summed E-state index contributed by atoms with van der Waals surface area (Å²) >= 11 is 6.12. The molecule has 1 unspecified atom stereocenters. The smallest absolute Gasteiger partial charge is 0.326 e. The molecule has 1 aromatic carbocycles. The lowest BCUT2D eigenvalue weighted by atomic mass is 10.2. The van der Waals surface area contributed by atoms with Gasteiger partial charge in [0.05, 0.1) is 10.6 Å². The fraction of sp³-hybridized carbons (Fsp3) is 0.421. The maximum absolute atomic E-state index is 12.1. The number of hydrogen-bond acceptors (Lipinski definition) is 5. The van der Waals surface area contributed by atoms with Gasteiger partial charge < -0.3 is 19.9 Å².